The van der Waals surface area contributed by atoms with Crippen molar-refractivity contribution >= 4 is 46.1 Å². The van der Waals surface area contributed by atoms with Gasteiger partial charge in [-0.1, -0.05) is 53.7 Å². The highest BCUT2D eigenvalue weighted by molar-refractivity contribution is 5.87. The Morgan fingerprint density at radius 1 is 0.643 bits per heavy atom. The molecule has 0 bridgehead atoms. The maximum atomic E-state index is 15.7. The molecule has 0 radical (unpaired) electrons. The molecule has 5 aromatic rings. The zero-order valence-corrected chi connectivity index (χ0v) is 33.2. The number of aromatic amines is 2. The fourth-order valence-corrected chi connectivity index (χ4v) is 5.80. The Morgan fingerprint density at radius 3 is 1.32 bits per heavy atom. The zero-order chi connectivity index (χ0) is 41.3. The van der Waals surface area contributed by atoms with E-state index in [9.17, 15) is 19.2 Å². The van der Waals surface area contributed by atoms with Gasteiger partial charge in [-0.25, -0.2) is 28.3 Å². The van der Waals surface area contributed by atoms with Crippen molar-refractivity contribution in [2.75, 3.05) is 28.2 Å². The number of carbonyl (C=O) groups excluding carboxylic acids is 4. The number of hydrogen-bond donors (Lipinski definition) is 4. The van der Waals surface area contributed by atoms with E-state index in [1.54, 1.807) is 77.9 Å². The number of benzene rings is 3. The molecule has 5 rings (SSSR count). The maximum Gasteiger partial charge on any atom is 0.410 e. The molecule has 2 atom stereocenters. The van der Waals surface area contributed by atoms with Crippen LogP contribution in [0.5, 0.6) is 0 Å². The number of ether oxygens (including phenoxy) is 2. The van der Waals surface area contributed by atoms with Crippen LogP contribution in [0, 0.1) is 22.5 Å². The van der Waals surface area contributed by atoms with Gasteiger partial charge in [0, 0.05) is 50.1 Å². The second-order valence-corrected chi connectivity index (χ2v) is 16.1. The molecule has 298 valence electrons. The average molecular weight is 775 g/mol. The summed E-state index contributed by atoms with van der Waals surface area (Å²) in [6.07, 6.45) is -3.39. The molecule has 3 aromatic carbocycles. The molecule has 0 saturated carbocycles. The van der Waals surface area contributed by atoms with Crippen LogP contribution in [0.15, 0.2) is 48.5 Å². The van der Waals surface area contributed by atoms with Crippen molar-refractivity contribution in [3.05, 3.63) is 71.8 Å². The minimum absolute atomic E-state index is 0.00887. The number of nitrogens with one attached hydrogen (secondary N) is 4. The first-order valence-corrected chi connectivity index (χ1v) is 17.9. The number of H-pyrrole nitrogens is 2. The van der Waals surface area contributed by atoms with Crippen LogP contribution in [0.1, 0.15) is 53.2 Å². The van der Waals surface area contributed by atoms with Crippen molar-refractivity contribution in [3.8, 4) is 22.3 Å². The lowest BCUT2D eigenvalue weighted by molar-refractivity contribution is -0.136. The second kappa shape index (κ2) is 16.0. The van der Waals surface area contributed by atoms with Gasteiger partial charge in [-0.15, -0.1) is 0 Å². The fourth-order valence-electron chi connectivity index (χ4n) is 5.80. The van der Waals surface area contributed by atoms with Crippen molar-refractivity contribution in [2.24, 2.45) is 10.8 Å². The summed E-state index contributed by atoms with van der Waals surface area (Å²) in [5, 5.41) is 5.52. The highest BCUT2D eigenvalue weighted by atomic mass is 19.1. The third-order valence-corrected chi connectivity index (χ3v) is 8.82. The van der Waals surface area contributed by atoms with E-state index in [0.29, 0.717) is 44.8 Å². The maximum absolute atomic E-state index is 15.7. The number of aromatic nitrogens is 4. The van der Waals surface area contributed by atoms with Gasteiger partial charge in [-0.3, -0.25) is 9.59 Å². The van der Waals surface area contributed by atoms with Gasteiger partial charge in [0.15, 0.2) is 12.2 Å². The molecular weight excluding hydrogens is 726 g/mol. The van der Waals surface area contributed by atoms with Crippen molar-refractivity contribution in [2.45, 2.75) is 66.8 Å². The molecule has 16 heteroatoms. The summed E-state index contributed by atoms with van der Waals surface area (Å²) in [6, 6.07) is 12.2. The number of rotatable bonds is 10. The quantitative estimate of drug-likeness (QED) is 0.124. The molecule has 14 nitrogen and oxygen atoms in total. The first-order chi connectivity index (χ1) is 26.1. The van der Waals surface area contributed by atoms with Gasteiger partial charge in [0.05, 0.1) is 35.2 Å². The molecule has 0 spiro atoms. The predicted octanol–water partition coefficient (Wildman–Crippen LogP) is 6.51. The number of nitrogens with zero attached hydrogens (tertiary/aromatic N) is 4. The van der Waals surface area contributed by atoms with Crippen LogP contribution in [0.25, 0.3) is 44.3 Å². The second-order valence-electron chi connectivity index (χ2n) is 16.1. The van der Waals surface area contributed by atoms with Crippen molar-refractivity contribution in [3.63, 3.8) is 0 Å². The van der Waals surface area contributed by atoms with Gasteiger partial charge in [-0.2, -0.15) is 0 Å². The smallest absolute Gasteiger partial charge is 0.410 e. The Balaban J connectivity index is 1.29. The Hall–Kier alpha value is -6.06. The standard InChI is InChI=1S/C40H48F2N8O6/c1-39(2,3)33(55-37(53)49(7)8)35(51)43-19-31-45-27-13-11-21(15-29(27)47-31)23-17-26(42)24(18-25(23)41)22-12-14-28-30(16-22)48-32(46-28)20-44-36(52)34(40(4,5)6)56-38(54)50(9)10/h11-18,33-34H,19-20H2,1-10H3,(H,43,51)(H,44,52)(H,45,47)(H,46,48). The van der Waals surface area contributed by atoms with E-state index in [0.717, 1.165) is 12.1 Å². The van der Waals surface area contributed by atoms with E-state index in [1.165, 1.54) is 38.0 Å². The molecule has 0 aliphatic rings. The molecule has 2 aromatic heterocycles. The Bertz CT molecular complexity index is 2130. The molecular formula is C40H48F2N8O6. The number of carbonyl (C=O) groups is 4. The van der Waals surface area contributed by atoms with Crippen LogP contribution >= 0.6 is 0 Å². The molecule has 0 aliphatic heterocycles. The number of halogens is 2. The van der Waals surface area contributed by atoms with E-state index in [4.69, 9.17) is 9.47 Å². The van der Waals surface area contributed by atoms with Gasteiger partial charge in [0.1, 0.15) is 23.3 Å². The lowest BCUT2D eigenvalue weighted by atomic mass is 9.88. The molecule has 0 fully saturated rings. The summed E-state index contributed by atoms with van der Waals surface area (Å²) >= 11 is 0. The van der Waals surface area contributed by atoms with Gasteiger partial charge in [0.2, 0.25) is 0 Å². The molecule has 2 unspecified atom stereocenters. The zero-order valence-electron chi connectivity index (χ0n) is 33.2. The Kier molecular flexibility index (Phi) is 11.7. The summed E-state index contributed by atoms with van der Waals surface area (Å²) in [5.41, 5.74) is 1.69. The molecule has 4 N–H and O–H groups in total. The molecule has 56 heavy (non-hydrogen) atoms. The fraction of sp³-hybridized carbons (Fsp3) is 0.400. The van der Waals surface area contributed by atoms with Crippen LogP contribution < -0.4 is 10.6 Å². The molecule has 0 aliphatic carbocycles. The summed E-state index contributed by atoms with van der Waals surface area (Å²) in [7, 11) is 6.12. The summed E-state index contributed by atoms with van der Waals surface area (Å²) in [4.78, 5) is 68.2. The topological polar surface area (TPSA) is 175 Å². The molecule has 2 heterocycles. The Morgan fingerprint density at radius 2 is 1.00 bits per heavy atom. The van der Waals surface area contributed by atoms with Gasteiger partial charge in [0.25, 0.3) is 11.8 Å². The number of amides is 4. The first-order valence-electron chi connectivity index (χ1n) is 17.9. The van der Waals surface area contributed by atoms with E-state index in [1.807, 2.05) is 0 Å². The Labute approximate surface area is 323 Å². The third kappa shape index (κ3) is 9.41. The van der Waals surface area contributed by atoms with Crippen LogP contribution in [0.4, 0.5) is 18.4 Å². The normalized spacial score (nSPS) is 12.9. The van der Waals surface area contributed by atoms with Crippen LogP contribution in [-0.2, 0) is 32.2 Å². The van der Waals surface area contributed by atoms with Crippen LogP contribution in [0.2, 0.25) is 0 Å². The third-order valence-electron chi connectivity index (χ3n) is 8.82. The van der Waals surface area contributed by atoms with Crippen LogP contribution in [0.3, 0.4) is 0 Å². The predicted molar refractivity (Wildman–Crippen MR) is 207 cm³/mol. The van der Waals surface area contributed by atoms with Crippen LogP contribution in [-0.4, -0.2) is 94.1 Å². The minimum Gasteiger partial charge on any atom is -0.435 e. The van der Waals surface area contributed by atoms with E-state index >= 15 is 8.78 Å². The van der Waals surface area contributed by atoms with Crippen molar-refractivity contribution in [1.29, 1.82) is 0 Å². The van der Waals surface area contributed by atoms with Crippen molar-refractivity contribution < 1.29 is 37.4 Å². The first kappa shape index (κ1) is 41.1. The highest BCUT2D eigenvalue weighted by Gasteiger charge is 2.36. The lowest BCUT2D eigenvalue weighted by Crippen LogP contribution is -2.46. The highest BCUT2D eigenvalue weighted by Crippen LogP contribution is 2.33. The number of fused-ring (bicyclic) bond motifs is 2. The SMILES string of the molecule is CN(C)C(=O)OC(C(=O)NCc1nc2cc(-c3cc(F)c(-c4ccc5[nH]c(CNC(=O)C(OC(=O)N(C)C)C(C)(C)C)nc5c4)cc3F)ccc2[nH]1)C(C)(C)C. The summed E-state index contributed by atoms with van der Waals surface area (Å²) < 4.78 is 42.3. The van der Waals surface area contributed by atoms with Gasteiger partial charge < -0.3 is 39.9 Å². The van der Waals surface area contributed by atoms with E-state index < -0.39 is 58.7 Å². The van der Waals surface area contributed by atoms with E-state index in [2.05, 4.69) is 30.6 Å². The largest absolute Gasteiger partial charge is 0.435 e. The molecule has 0 saturated heterocycles. The average Bonchev–Trinajstić information content (AvgIpc) is 3.72. The summed E-state index contributed by atoms with van der Waals surface area (Å²) in [6.45, 7) is 10.7. The van der Waals surface area contributed by atoms with Gasteiger partial charge in [-0.05, 0) is 47.5 Å². The lowest BCUT2D eigenvalue weighted by Gasteiger charge is -2.29. The van der Waals surface area contributed by atoms with E-state index in [-0.39, 0.29) is 24.2 Å². The van der Waals surface area contributed by atoms with Gasteiger partial charge >= 0.3 is 12.2 Å². The molecule has 4 amide bonds. The van der Waals surface area contributed by atoms with Crippen molar-refractivity contribution in [1.82, 2.24) is 40.4 Å². The number of imidazole rings is 2. The summed E-state index contributed by atoms with van der Waals surface area (Å²) in [5.74, 6) is -1.46. The monoisotopic (exact) mass is 774 g/mol. The number of hydrogen-bond acceptors (Lipinski definition) is 8. The minimum atomic E-state index is -1.05.